The molecule has 1 aromatic carbocycles. The van der Waals surface area contributed by atoms with E-state index in [0.717, 1.165) is 24.2 Å². The summed E-state index contributed by atoms with van der Waals surface area (Å²) in [5.74, 6) is 0.0215. The number of ether oxygens (including phenoxy) is 2. The zero-order valence-corrected chi connectivity index (χ0v) is 21.5. The summed E-state index contributed by atoms with van der Waals surface area (Å²) in [4.78, 5) is 36.3. The van der Waals surface area contributed by atoms with Crippen molar-refractivity contribution in [1.82, 2.24) is 24.6 Å². The van der Waals surface area contributed by atoms with Gasteiger partial charge in [0.25, 0.3) is 0 Å². The van der Waals surface area contributed by atoms with Crippen molar-refractivity contribution in [3.05, 3.63) is 60.4 Å². The minimum absolute atomic E-state index is 0.0352. The van der Waals surface area contributed by atoms with Crippen LogP contribution in [0.1, 0.15) is 18.4 Å². The summed E-state index contributed by atoms with van der Waals surface area (Å²) in [6, 6.07) is 8.93. The van der Waals surface area contributed by atoms with Crippen LogP contribution in [0.15, 0.2) is 48.9 Å². The highest BCUT2D eigenvalue weighted by molar-refractivity contribution is 5.91. The Labute approximate surface area is 220 Å². The van der Waals surface area contributed by atoms with Gasteiger partial charge < -0.3 is 24.6 Å². The number of likely N-dealkylation sites (N-methyl/N-ethyl adjacent to an activating group) is 1. The Morgan fingerprint density at radius 1 is 1.24 bits per heavy atom. The highest BCUT2D eigenvalue weighted by Crippen LogP contribution is 2.18. The zero-order chi connectivity index (χ0) is 26.9. The van der Waals surface area contributed by atoms with E-state index < -0.39 is 5.95 Å². The molecule has 3 aromatic rings. The Balaban J connectivity index is 1.16. The Kier molecular flexibility index (Phi) is 9.20. The quantitative estimate of drug-likeness (QED) is 0.379. The Morgan fingerprint density at radius 2 is 2.05 bits per heavy atom. The first kappa shape index (κ1) is 27.0. The van der Waals surface area contributed by atoms with Crippen molar-refractivity contribution in [2.45, 2.75) is 32.4 Å². The van der Waals surface area contributed by atoms with E-state index in [1.54, 1.807) is 18.1 Å². The molecule has 3 heterocycles. The Bertz CT molecular complexity index is 1220. The van der Waals surface area contributed by atoms with Crippen molar-refractivity contribution in [1.29, 1.82) is 0 Å². The monoisotopic (exact) mass is 525 g/mol. The van der Waals surface area contributed by atoms with Crippen LogP contribution in [0.3, 0.4) is 0 Å². The third-order valence-corrected chi connectivity index (χ3v) is 6.08. The van der Waals surface area contributed by atoms with Gasteiger partial charge in [-0.25, -0.2) is 4.98 Å². The number of nitrogens with zero attached hydrogens (tertiary/aromatic N) is 6. The number of anilines is 2. The first-order chi connectivity index (χ1) is 18.4. The van der Waals surface area contributed by atoms with Crippen LogP contribution < -0.4 is 15.0 Å². The van der Waals surface area contributed by atoms with E-state index in [2.05, 4.69) is 20.4 Å². The fraction of sp³-hybridized carbons (Fsp3) is 0.423. The normalized spacial score (nSPS) is 15.2. The van der Waals surface area contributed by atoms with E-state index in [9.17, 15) is 14.0 Å². The molecule has 2 aromatic heterocycles. The van der Waals surface area contributed by atoms with Gasteiger partial charge >= 0.3 is 0 Å². The van der Waals surface area contributed by atoms with Gasteiger partial charge in [-0.2, -0.15) is 14.5 Å². The number of carbonyl (C=O) groups is 2. The lowest BCUT2D eigenvalue weighted by molar-refractivity contribution is -0.131. The summed E-state index contributed by atoms with van der Waals surface area (Å²) in [7, 11) is 1.71. The van der Waals surface area contributed by atoms with Crippen molar-refractivity contribution in [3.8, 4) is 5.75 Å². The molecule has 4 rings (SSSR count). The third-order valence-electron chi connectivity index (χ3n) is 6.08. The fourth-order valence-electron chi connectivity index (χ4n) is 3.96. The molecule has 1 aliphatic heterocycles. The number of hydrogen-bond acceptors (Lipinski definition) is 8. The van der Waals surface area contributed by atoms with Gasteiger partial charge in [0.2, 0.25) is 23.7 Å². The topological polar surface area (TPSA) is 115 Å². The summed E-state index contributed by atoms with van der Waals surface area (Å²) in [6.07, 6.45) is 5.85. The van der Waals surface area contributed by atoms with E-state index in [0.29, 0.717) is 37.9 Å². The number of carbonyl (C=O) groups excluding carboxylic acids is 2. The van der Waals surface area contributed by atoms with Crippen molar-refractivity contribution < 1.29 is 23.5 Å². The molecule has 0 radical (unpaired) electrons. The van der Waals surface area contributed by atoms with Crippen LogP contribution in [0.4, 0.5) is 16.0 Å². The summed E-state index contributed by atoms with van der Waals surface area (Å²) >= 11 is 0. The molecule has 1 aliphatic rings. The predicted octanol–water partition coefficient (Wildman–Crippen LogP) is 2.28. The van der Waals surface area contributed by atoms with Gasteiger partial charge in [0, 0.05) is 38.6 Å². The average Bonchev–Trinajstić information content (AvgIpc) is 3.35. The van der Waals surface area contributed by atoms with Gasteiger partial charge in [-0.1, -0.05) is 17.7 Å². The van der Waals surface area contributed by atoms with Crippen molar-refractivity contribution >= 4 is 23.5 Å². The van der Waals surface area contributed by atoms with Crippen molar-refractivity contribution in [3.63, 3.8) is 0 Å². The lowest BCUT2D eigenvalue weighted by atomic mass is 10.1. The highest BCUT2D eigenvalue weighted by atomic mass is 19.1. The second-order valence-electron chi connectivity index (χ2n) is 9.15. The molecule has 0 aliphatic carbocycles. The lowest BCUT2D eigenvalue weighted by Gasteiger charge is -2.32. The molecule has 2 amide bonds. The second-order valence-corrected chi connectivity index (χ2v) is 9.15. The molecule has 0 spiro atoms. The van der Waals surface area contributed by atoms with E-state index in [1.807, 2.05) is 36.1 Å². The molecule has 38 heavy (non-hydrogen) atoms. The lowest BCUT2D eigenvalue weighted by Crippen LogP contribution is -2.41. The summed E-state index contributed by atoms with van der Waals surface area (Å²) in [6.45, 7) is 3.87. The van der Waals surface area contributed by atoms with E-state index >= 15 is 0 Å². The molecule has 0 saturated carbocycles. The molecule has 1 fully saturated rings. The summed E-state index contributed by atoms with van der Waals surface area (Å²) < 4.78 is 26.3. The number of piperidine rings is 1. The van der Waals surface area contributed by atoms with Gasteiger partial charge in [0.15, 0.2) is 0 Å². The van der Waals surface area contributed by atoms with Crippen LogP contribution in [0.5, 0.6) is 5.75 Å². The van der Waals surface area contributed by atoms with Gasteiger partial charge in [-0.3, -0.25) is 14.3 Å². The van der Waals surface area contributed by atoms with Crippen LogP contribution in [0.25, 0.3) is 0 Å². The van der Waals surface area contributed by atoms with E-state index in [-0.39, 0.29) is 31.1 Å². The number of benzene rings is 1. The summed E-state index contributed by atoms with van der Waals surface area (Å²) in [5, 5.41) is 6.89. The number of aryl methyl sites for hydroxylation is 1. The smallest absolute Gasteiger partial charge is 0.250 e. The zero-order valence-electron chi connectivity index (χ0n) is 21.5. The van der Waals surface area contributed by atoms with Crippen LogP contribution >= 0.6 is 0 Å². The van der Waals surface area contributed by atoms with Crippen molar-refractivity contribution in [2.24, 2.45) is 0 Å². The molecule has 202 valence electrons. The number of halogens is 1. The van der Waals surface area contributed by atoms with E-state index in [4.69, 9.17) is 9.47 Å². The maximum Gasteiger partial charge on any atom is 0.250 e. The SMILES string of the molecule is Cc1ccc(OCCN(C)C(=O)Cn2cc(NC(=O)COC3CCCN(c4nccc(F)n4)C3)cn2)cc1. The molecular formula is C26H32FN7O4. The summed E-state index contributed by atoms with van der Waals surface area (Å²) in [5.41, 5.74) is 1.62. The standard InChI is InChI=1S/C26H32FN7O4/c1-19-5-7-21(8-6-19)37-13-12-32(2)25(36)17-34-15-20(14-29-34)30-24(35)18-38-22-4-3-11-33(16-22)26-28-10-9-23(27)31-26/h5-10,14-15,22H,3-4,11-13,16-18H2,1-2H3,(H,30,35). The first-order valence-corrected chi connectivity index (χ1v) is 12.5. The number of hydrogen-bond donors (Lipinski definition) is 1. The Morgan fingerprint density at radius 3 is 2.84 bits per heavy atom. The van der Waals surface area contributed by atoms with Crippen molar-refractivity contribution in [2.75, 3.05) is 50.1 Å². The van der Waals surface area contributed by atoms with E-state index in [1.165, 1.54) is 23.1 Å². The predicted molar refractivity (Wildman–Crippen MR) is 138 cm³/mol. The minimum Gasteiger partial charge on any atom is -0.492 e. The van der Waals surface area contributed by atoms with Crippen LogP contribution in [0, 0.1) is 12.9 Å². The Hall–Kier alpha value is -4.06. The fourth-order valence-corrected chi connectivity index (χ4v) is 3.96. The van der Waals surface area contributed by atoms with Gasteiger partial charge in [-0.15, -0.1) is 0 Å². The van der Waals surface area contributed by atoms with Gasteiger partial charge in [-0.05, 0) is 31.9 Å². The number of nitrogens with one attached hydrogen (secondary N) is 1. The molecule has 1 saturated heterocycles. The minimum atomic E-state index is -0.585. The third kappa shape index (κ3) is 7.97. The van der Waals surface area contributed by atoms with Crippen LogP contribution in [-0.2, 0) is 20.9 Å². The van der Waals surface area contributed by atoms with Gasteiger partial charge in [0.1, 0.15) is 25.5 Å². The number of rotatable bonds is 11. The first-order valence-electron chi connectivity index (χ1n) is 12.5. The number of aromatic nitrogens is 4. The second kappa shape index (κ2) is 13.0. The van der Waals surface area contributed by atoms with Gasteiger partial charge in [0.05, 0.1) is 24.5 Å². The molecule has 1 unspecified atom stereocenters. The van der Waals surface area contributed by atoms with Crippen LogP contribution in [-0.4, -0.2) is 82.5 Å². The largest absolute Gasteiger partial charge is 0.492 e. The maximum absolute atomic E-state index is 13.4. The van der Waals surface area contributed by atoms with Crippen LogP contribution in [0.2, 0.25) is 0 Å². The molecule has 1 atom stereocenters. The molecule has 12 heteroatoms. The number of amides is 2. The highest BCUT2D eigenvalue weighted by Gasteiger charge is 2.23. The molecular weight excluding hydrogens is 493 g/mol. The molecule has 1 N–H and O–H groups in total. The molecule has 0 bridgehead atoms. The molecule has 11 nitrogen and oxygen atoms in total. The average molecular weight is 526 g/mol. The maximum atomic E-state index is 13.4.